The van der Waals surface area contributed by atoms with Crippen molar-refractivity contribution in [1.29, 1.82) is 5.26 Å². The molecule has 1 nitrogen and oxygen atoms in total. The Morgan fingerprint density at radius 2 is 1.59 bits per heavy atom. The molecule has 143 valence electrons. The van der Waals surface area contributed by atoms with Crippen LogP contribution < -0.4 is 0 Å². The highest BCUT2D eigenvalue weighted by molar-refractivity contribution is 9.11. The van der Waals surface area contributed by atoms with Crippen molar-refractivity contribution >= 4 is 43.6 Å². The van der Waals surface area contributed by atoms with Crippen molar-refractivity contribution in [2.45, 2.75) is 22.2 Å². The van der Waals surface area contributed by atoms with Crippen LogP contribution >= 0.6 is 43.6 Å². The summed E-state index contributed by atoms with van der Waals surface area (Å²) in [5, 5.41) is 3.68. The van der Waals surface area contributed by atoms with E-state index in [0.29, 0.717) is 0 Å². The number of hydrogen-bond donors (Lipinski definition) is 0. The minimum Gasteiger partial charge on any atom is -0.192 e. The van der Waals surface area contributed by atoms with Crippen molar-refractivity contribution in [1.82, 2.24) is 0 Å². The van der Waals surface area contributed by atoms with Crippen LogP contribution in [0.1, 0.15) is 5.56 Å². The van der Waals surface area contributed by atoms with Gasteiger partial charge in [-0.1, -0.05) is 34.1 Å². The van der Waals surface area contributed by atoms with Crippen LogP contribution in [0.25, 0.3) is 11.1 Å². The van der Waals surface area contributed by atoms with Crippen LogP contribution in [0.15, 0.2) is 44.2 Å². The van der Waals surface area contributed by atoms with Crippen LogP contribution in [-0.4, -0.2) is 17.4 Å². The molecule has 0 heterocycles. The second-order valence-electron chi connectivity index (χ2n) is 5.02. The molecule has 2 rings (SSSR count). The lowest BCUT2D eigenvalue weighted by molar-refractivity contribution is -0.330. The number of nitrogens with zero attached hydrogens (tertiary/aromatic N) is 1. The quantitative estimate of drug-likeness (QED) is 0.300. The van der Waals surface area contributed by atoms with E-state index in [4.69, 9.17) is 0 Å². The van der Waals surface area contributed by atoms with Crippen LogP contribution in [0.5, 0.6) is 0 Å². The molecule has 0 aliphatic rings. The summed E-state index contributed by atoms with van der Waals surface area (Å²) in [7, 11) is 0. The van der Waals surface area contributed by atoms with Gasteiger partial charge in [0.1, 0.15) is 0 Å². The van der Waals surface area contributed by atoms with Crippen LogP contribution in [0.3, 0.4) is 0 Å². The third kappa shape index (κ3) is 4.27. The van der Waals surface area contributed by atoms with Gasteiger partial charge >= 0.3 is 17.4 Å². The monoisotopic (exact) mass is 534 g/mol. The molecule has 0 saturated carbocycles. The number of benzene rings is 2. The molecule has 0 saturated heterocycles. The first-order valence-electron chi connectivity index (χ1n) is 6.74. The molecule has 0 aromatic heterocycles. The molecule has 2 aromatic rings. The van der Waals surface area contributed by atoms with E-state index in [2.05, 4.69) is 37.9 Å². The van der Waals surface area contributed by atoms with Crippen LogP contribution in [0.2, 0.25) is 0 Å². The first-order valence-corrected chi connectivity index (χ1v) is 9.14. The van der Waals surface area contributed by atoms with E-state index >= 15 is 0 Å². The van der Waals surface area contributed by atoms with Gasteiger partial charge in [-0.2, -0.15) is 36.0 Å². The molecule has 0 bridgehead atoms. The van der Waals surface area contributed by atoms with Crippen LogP contribution in [0, 0.1) is 17.4 Å². The van der Waals surface area contributed by atoms with Crippen LogP contribution in [-0.2, 0) is 0 Å². The molecule has 1 radical (unpaired) electrons. The van der Waals surface area contributed by atoms with Crippen molar-refractivity contribution < 1.29 is 30.7 Å². The Balaban J connectivity index is 2.67. The van der Waals surface area contributed by atoms with Crippen molar-refractivity contribution in [3.05, 3.63) is 50.9 Å². The Labute approximate surface area is 169 Å². The normalized spacial score (nSPS) is 12.7. The van der Waals surface area contributed by atoms with E-state index in [1.165, 1.54) is 24.3 Å². The lowest BCUT2D eigenvalue weighted by atomic mass is 10.0. The number of alkyl halides is 7. The van der Waals surface area contributed by atoms with Gasteiger partial charge in [0.05, 0.1) is 11.6 Å². The maximum atomic E-state index is 13.9. The standard InChI is InChI=1S/C16H5Br2F7NS/c17-9-5-11(18)13(10-4-2-1-3-8(10)7-26)12(6-9)27-16(24,25)14(19,20)15(21,22)23/h1-4,6H. The Kier molecular flexibility index (Phi) is 6.24. The SMILES string of the molecule is N#Cc1ccccc1-c1c(Br)[c]c(Br)cc1SC(F)(F)C(F)(F)C(F)(F)F. The largest absolute Gasteiger partial charge is 0.460 e. The molecular weight excluding hydrogens is 531 g/mol. The van der Waals surface area contributed by atoms with Gasteiger partial charge < -0.3 is 0 Å². The van der Waals surface area contributed by atoms with Gasteiger partial charge in [0, 0.05) is 31.0 Å². The zero-order chi connectivity index (χ0) is 20.6. The van der Waals surface area contributed by atoms with Gasteiger partial charge in [0.15, 0.2) is 0 Å². The molecule has 0 unspecified atom stereocenters. The van der Waals surface area contributed by atoms with E-state index in [1.54, 1.807) is 0 Å². The fraction of sp³-hybridized carbons (Fsp3) is 0.188. The van der Waals surface area contributed by atoms with Crippen molar-refractivity contribution in [2.24, 2.45) is 0 Å². The predicted octanol–water partition coefficient (Wildman–Crippen LogP) is 7.43. The molecular formula is C16H5Br2F7NS. The van der Waals surface area contributed by atoms with E-state index in [9.17, 15) is 36.0 Å². The van der Waals surface area contributed by atoms with E-state index in [-0.39, 0.29) is 25.6 Å². The second kappa shape index (κ2) is 7.64. The Morgan fingerprint density at radius 3 is 2.15 bits per heavy atom. The summed E-state index contributed by atoms with van der Waals surface area (Å²) in [4.78, 5) is -0.593. The summed E-state index contributed by atoms with van der Waals surface area (Å²) >= 11 is 5.02. The Hall–Kier alpha value is -1.25. The Morgan fingerprint density at radius 1 is 1.00 bits per heavy atom. The molecule has 0 amide bonds. The zero-order valence-electron chi connectivity index (χ0n) is 12.6. The number of thioether (sulfide) groups is 1. The maximum absolute atomic E-state index is 13.9. The molecule has 0 fully saturated rings. The topological polar surface area (TPSA) is 23.8 Å². The van der Waals surface area contributed by atoms with Gasteiger partial charge in [-0.15, -0.1) is 0 Å². The fourth-order valence-corrected chi connectivity index (χ4v) is 4.62. The maximum Gasteiger partial charge on any atom is 0.460 e. The summed E-state index contributed by atoms with van der Waals surface area (Å²) < 4.78 is 91.7. The third-order valence-electron chi connectivity index (χ3n) is 3.23. The number of nitriles is 1. The average molecular weight is 536 g/mol. The highest BCUT2D eigenvalue weighted by atomic mass is 79.9. The van der Waals surface area contributed by atoms with E-state index < -0.39 is 34.0 Å². The third-order valence-corrected chi connectivity index (χ3v) is 5.31. The summed E-state index contributed by atoms with van der Waals surface area (Å²) in [6.45, 7) is 0. The van der Waals surface area contributed by atoms with E-state index in [0.717, 1.165) is 6.07 Å². The lowest BCUT2D eigenvalue weighted by Gasteiger charge is -2.28. The van der Waals surface area contributed by atoms with Crippen molar-refractivity contribution in [2.75, 3.05) is 0 Å². The molecule has 0 spiro atoms. The average Bonchev–Trinajstić information content (AvgIpc) is 2.53. The summed E-state index contributed by atoms with van der Waals surface area (Å²) in [6, 6.07) is 11.0. The summed E-state index contributed by atoms with van der Waals surface area (Å²) in [5.74, 6) is -6.27. The molecule has 0 N–H and O–H groups in total. The summed E-state index contributed by atoms with van der Waals surface area (Å²) in [6.07, 6.45) is -6.44. The highest BCUT2D eigenvalue weighted by Crippen LogP contribution is 2.56. The lowest BCUT2D eigenvalue weighted by Crippen LogP contribution is -2.49. The highest BCUT2D eigenvalue weighted by Gasteiger charge is 2.73. The zero-order valence-corrected chi connectivity index (χ0v) is 16.6. The molecule has 0 atom stereocenters. The van der Waals surface area contributed by atoms with Gasteiger partial charge in [-0.3, -0.25) is 0 Å². The minimum absolute atomic E-state index is 0.00759. The molecule has 2 aromatic carbocycles. The smallest absolute Gasteiger partial charge is 0.192 e. The minimum atomic E-state index is -6.44. The van der Waals surface area contributed by atoms with Gasteiger partial charge in [0.2, 0.25) is 0 Å². The van der Waals surface area contributed by atoms with Crippen molar-refractivity contribution in [3.63, 3.8) is 0 Å². The van der Waals surface area contributed by atoms with Gasteiger partial charge in [-0.25, -0.2) is 0 Å². The van der Waals surface area contributed by atoms with Crippen molar-refractivity contribution in [3.8, 4) is 17.2 Å². The van der Waals surface area contributed by atoms with Crippen LogP contribution in [0.4, 0.5) is 30.7 Å². The molecule has 0 aliphatic carbocycles. The van der Waals surface area contributed by atoms with Gasteiger partial charge in [0.25, 0.3) is 0 Å². The second-order valence-corrected chi connectivity index (χ2v) is 7.82. The first-order chi connectivity index (χ1) is 12.3. The van der Waals surface area contributed by atoms with Gasteiger partial charge in [-0.05, 0) is 39.8 Å². The molecule has 11 heteroatoms. The Bertz CT molecular complexity index is 907. The summed E-state index contributed by atoms with van der Waals surface area (Å²) in [5.41, 5.74) is -0.0658. The number of rotatable bonds is 4. The molecule has 27 heavy (non-hydrogen) atoms. The number of halogens is 9. The first kappa shape index (κ1) is 22.0. The predicted molar refractivity (Wildman–Crippen MR) is 92.6 cm³/mol. The van der Waals surface area contributed by atoms with E-state index in [1.807, 2.05) is 6.07 Å². The number of hydrogen-bond acceptors (Lipinski definition) is 2. The fourth-order valence-electron chi connectivity index (χ4n) is 2.00. The molecule has 0 aliphatic heterocycles.